The van der Waals surface area contributed by atoms with Crippen molar-refractivity contribution in [3.05, 3.63) is 34.8 Å². The number of nitrogens with zero attached hydrogens (tertiary/aromatic N) is 3. The topological polar surface area (TPSA) is 264 Å². The molecule has 2 saturated heterocycles. The smallest absolute Gasteiger partial charge is 0.352 e. The van der Waals surface area contributed by atoms with E-state index in [0.717, 1.165) is 43.5 Å². The van der Waals surface area contributed by atoms with E-state index in [1.807, 2.05) is 0 Å². The number of imide groups is 1. The molecule has 0 spiro atoms. The third kappa shape index (κ3) is 7.50. The molecular weight excluding hydrogens is 719 g/mol. The van der Waals surface area contributed by atoms with Gasteiger partial charge in [-0.3, -0.25) is 48.2 Å². The fourth-order valence-electron chi connectivity index (χ4n) is 5.47. The van der Waals surface area contributed by atoms with Gasteiger partial charge in [0.2, 0.25) is 12.3 Å². The second kappa shape index (κ2) is 15.4. The summed E-state index contributed by atoms with van der Waals surface area (Å²) in [6, 6.07) is -4.03. The number of likely N-dealkylation sites (N-methyl/N-ethyl adjacent to an activating group) is 1. The molecule has 0 saturated carbocycles. The number of carboxylic acid groups (broad SMARTS) is 1. The Morgan fingerprint density at radius 3 is 2.21 bits per heavy atom. The van der Waals surface area contributed by atoms with Crippen LogP contribution < -0.4 is 25.4 Å². The molecule has 4 rings (SSSR count). The number of β-lactam (4-membered cyclic amide) rings is 1. The van der Waals surface area contributed by atoms with Gasteiger partial charge in [0.15, 0.2) is 22.5 Å². The number of hydrogen-bond donors (Lipinski definition) is 4. The molecule has 1 aromatic carbocycles. The Morgan fingerprint density at radius 2 is 1.65 bits per heavy atom. The molecule has 0 aromatic heterocycles. The van der Waals surface area contributed by atoms with Crippen molar-refractivity contribution in [2.45, 2.75) is 44.8 Å². The molecule has 3 atom stereocenters. The number of carbonyl (C=O) groups excluding carboxylic acids is 9. The van der Waals surface area contributed by atoms with Crippen molar-refractivity contribution in [2.75, 3.05) is 32.0 Å². The fourth-order valence-corrected chi connectivity index (χ4v) is 6.86. The van der Waals surface area contributed by atoms with Crippen molar-refractivity contribution in [1.82, 2.24) is 30.7 Å². The lowest BCUT2D eigenvalue weighted by atomic mass is 9.96. The molecule has 1 aromatic rings. The molecule has 0 aliphatic carbocycles. The Bertz CT molecular complexity index is 1820. The van der Waals surface area contributed by atoms with E-state index in [0.29, 0.717) is 15.9 Å². The van der Waals surface area contributed by atoms with Crippen LogP contribution in [0.15, 0.2) is 23.4 Å². The van der Waals surface area contributed by atoms with Crippen molar-refractivity contribution in [3.8, 4) is 11.5 Å². The van der Waals surface area contributed by atoms with Crippen LogP contribution in [0.4, 0.5) is 9.18 Å². The van der Waals surface area contributed by atoms with E-state index < -0.39 is 106 Å². The van der Waals surface area contributed by atoms with Gasteiger partial charge in [0.1, 0.15) is 24.2 Å². The number of halogens is 1. The number of esters is 3. The van der Waals surface area contributed by atoms with Crippen LogP contribution in [0.1, 0.15) is 39.3 Å². The normalized spacial score (nSPS) is 20.2. The number of fused-ring (bicyclic) bond motifs is 1. The minimum Gasteiger partial charge on any atom is -0.477 e. The van der Waals surface area contributed by atoms with Crippen molar-refractivity contribution >= 4 is 71.7 Å². The lowest BCUT2D eigenvalue weighted by Gasteiger charge is -2.58. The number of hydrogen-bond acceptors (Lipinski definition) is 14. The molecule has 7 amide bonds. The molecule has 0 bridgehead atoms. The van der Waals surface area contributed by atoms with Gasteiger partial charge >= 0.3 is 41.7 Å². The number of amides is 7. The number of carbonyl (C=O) groups is 10. The second-order valence-corrected chi connectivity index (χ2v) is 12.3. The summed E-state index contributed by atoms with van der Waals surface area (Å²) < 4.78 is 30.6. The number of benzene rings is 1. The molecule has 3 aliphatic heterocycles. The number of rotatable bonds is 12. The molecule has 3 aliphatic rings. The van der Waals surface area contributed by atoms with Crippen molar-refractivity contribution in [2.24, 2.45) is 0 Å². The molecule has 278 valence electrons. The molecule has 4 N–H and O–H groups in total. The third-order valence-electron chi connectivity index (χ3n) is 7.77. The summed E-state index contributed by atoms with van der Waals surface area (Å²) >= 11 is 0.760. The predicted octanol–water partition coefficient (Wildman–Crippen LogP) is -1.51. The minimum absolute atomic E-state index is 0.0189. The first-order valence-corrected chi connectivity index (χ1v) is 16.2. The largest absolute Gasteiger partial charge is 0.477 e. The first-order valence-electron chi connectivity index (χ1n) is 15.2. The van der Waals surface area contributed by atoms with Crippen LogP contribution in [-0.2, 0) is 47.9 Å². The lowest BCUT2D eigenvalue weighted by molar-refractivity contribution is -0.160. The molecule has 2 fully saturated rings. The molecule has 2 unspecified atom stereocenters. The van der Waals surface area contributed by atoms with E-state index in [1.165, 1.54) is 0 Å². The highest BCUT2D eigenvalue weighted by molar-refractivity contribution is 8.01. The van der Waals surface area contributed by atoms with E-state index in [4.69, 9.17) is 14.2 Å². The maximum atomic E-state index is 15.8. The van der Waals surface area contributed by atoms with Gasteiger partial charge in [-0.2, -0.15) is 0 Å². The average molecular weight is 751 g/mol. The highest BCUT2D eigenvalue weighted by Crippen LogP contribution is 2.48. The van der Waals surface area contributed by atoms with E-state index in [9.17, 15) is 53.1 Å². The number of carboxylic acids is 1. The van der Waals surface area contributed by atoms with Crippen LogP contribution in [0.5, 0.6) is 11.5 Å². The number of thioether (sulfide) groups is 1. The van der Waals surface area contributed by atoms with E-state index in [2.05, 4.69) is 16.0 Å². The quantitative estimate of drug-likeness (QED) is 0.0622. The molecule has 22 heteroatoms. The van der Waals surface area contributed by atoms with Crippen molar-refractivity contribution < 1.29 is 71.7 Å². The highest BCUT2D eigenvalue weighted by Gasteiger charge is 2.66. The first-order chi connectivity index (χ1) is 24.5. The lowest BCUT2D eigenvalue weighted by Crippen LogP contribution is -2.83. The summed E-state index contributed by atoms with van der Waals surface area (Å²) in [5.74, 6) is -11.8. The van der Waals surface area contributed by atoms with Crippen molar-refractivity contribution in [3.63, 3.8) is 0 Å². The Kier molecular flexibility index (Phi) is 11.5. The minimum atomic E-state index is -2.20. The van der Waals surface area contributed by atoms with Crippen LogP contribution in [0, 0.1) is 5.82 Å². The molecule has 0 radical (unpaired) electrons. The fraction of sp³-hybridized carbons (Fsp3) is 0.400. The van der Waals surface area contributed by atoms with E-state index >= 15 is 4.39 Å². The zero-order chi connectivity index (χ0) is 38.7. The summed E-state index contributed by atoms with van der Waals surface area (Å²) in [4.78, 5) is 126. The zero-order valence-electron chi connectivity index (χ0n) is 27.8. The standard InChI is InChI=1S/C30H31FN6O14S/c1-5-35-6-7-36(27(45)26(35)44)29(48)33-21(17-8-19(50-14(3)40)20(9-18(17)31)51-15(4)41)24(42)34-23-25(43)37-22(28(46)47)16(10-49-13(2)39)11-52-30(23,37)32-12-38/h8-9,12,21,23H,5-7,10-11H2,1-4H3,(H,32,38)(H,33,48)(H,34,42)(H,46,47)/t21?,23-,30?/m1/s1. The SMILES string of the molecule is CCN1CCN(C(=O)NC(C(=O)N[C@@H]2C(=O)N3C(C(=O)O)=C(COC(C)=O)CSC23NC=O)c2cc(OC(C)=O)c(OC(C)=O)cc2F)C(=O)C1=O. The summed E-state index contributed by atoms with van der Waals surface area (Å²) in [6.07, 6.45) is 0.124. The average Bonchev–Trinajstić information content (AvgIpc) is 3.06. The Labute approximate surface area is 296 Å². The monoisotopic (exact) mass is 750 g/mol. The number of nitrogens with one attached hydrogen (secondary N) is 3. The first kappa shape index (κ1) is 38.7. The van der Waals surface area contributed by atoms with Gasteiger partial charge < -0.3 is 40.2 Å². The van der Waals surface area contributed by atoms with Crippen LogP contribution in [0.2, 0.25) is 0 Å². The number of piperazine rings is 1. The third-order valence-corrected chi connectivity index (χ3v) is 9.24. The van der Waals surface area contributed by atoms with Crippen molar-refractivity contribution in [1.29, 1.82) is 0 Å². The maximum Gasteiger partial charge on any atom is 0.352 e. The van der Waals surface area contributed by atoms with Crippen LogP contribution in [0.3, 0.4) is 0 Å². The number of urea groups is 1. The molecule has 3 heterocycles. The van der Waals surface area contributed by atoms with Crippen LogP contribution >= 0.6 is 11.8 Å². The zero-order valence-corrected chi connectivity index (χ0v) is 28.6. The Morgan fingerprint density at radius 1 is 1.02 bits per heavy atom. The molecular formula is C30H31FN6O14S. The summed E-state index contributed by atoms with van der Waals surface area (Å²) in [5, 5.41) is 16.7. The number of aliphatic carboxylic acids is 1. The Hall–Kier alpha value is -6.06. The van der Waals surface area contributed by atoms with Crippen LogP contribution in [0.25, 0.3) is 0 Å². The van der Waals surface area contributed by atoms with Gasteiger partial charge in [-0.05, 0) is 13.0 Å². The number of ether oxygens (including phenoxy) is 3. The second-order valence-electron chi connectivity index (χ2n) is 11.1. The summed E-state index contributed by atoms with van der Waals surface area (Å²) in [6.45, 7) is 3.82. The van der Waals surface area contributed by atoms with Gasteiger partial charge in [0, 0.05) is 63.4 Å². The van der Waals surface area contributed by atoms with Gasteiger partial charge in [-0.15, -0.1) is 11.8 Å². The van der Waals surface area contributed by atoms with Gasteiger partial charge in [0.25, 0.3) is 5.91 Å². The highest BCUT2D eigenvalue weighted by atomic mass is 32.2. The summed E-state index contributed by atoms with van der Waals surface area (Å²) in [7, 11) is 0. The van der Waals surface area contributed by atoms with E-state index in [1.54, 1.807) is 6.92 Å². The van der Waals surface area contributed by atoms with E-state index in [-0.39, 0.29) is 37.4 Å². The summed E-state index contributed by atoms with van der Waals surface area (Å²) in [5.41, 5.74) is -1.42. The maximum absolute atomic E-state index is 15.8. The molecule has 20 nitrogen and oxygen atoms in total. The van der Waals surface area contributed by atoms with Gasteiger partial charge in [-0.25, -0.2) is 14.0 Å². The van der Waals surface area contributed by atoms with Gasteiger partial charge in [-0.1, -0.05) is 0 Å². The van der Waals surface area contributed by atoms with Crippen LogP contribution in [-0.4, -0.2) is 123 Å². The Balaban J connectivity index is 1.76. The van der Waals surface area contributed by atoms with Gasteiger partial charge in [0.05, 0.1) is 0 Å². The predicted molar refractivity (Wildman–Crippen MR) is 169 cm³/mol. The molecule has 52 heavy (non-hydrogen) atoms.